The second kappa shape index (κ2) is 8.49. The number of carbonyl (C=O) groups is 2. The van der Waals surface area contributed by atoms with Crippen LogP contribution in [0, 0.1) is 6.92 Å². The molecule has 0 saturated heterocycles. The molecule has 0 aliphatic rings. The van der Waals surface area contributed by atoms with Gasteiger partial charge in [0.05, 0.1) is 10.6 Å². The molecule has 0 bridgehead atoms. The fourth-order valence-corrected chi connectivity index (χ4v) is 3.21. The fourth-order valence-electron chi connectivity index (χ4n) is 2.45. The van der Waals surface area contributed by atoms with Crippen molar-refractivity contribution in [1.29, 1.82) is 0 Å². The summed E-state index contributed by atoms with van der Waals surface area (Å²) >= 11 is 1.44. The lowest BCUT2D eigenvalue weighted by Crippen LogP contribution is -2.19. The average molecular weight is 393 g/mol. The van der Waals surface area contributed by atoms with E-state index in [1.165, 1.54) is 35.6 Å². The molecule has 0 atom stereocenters. The van der Waals surface area contributed by atoms with Crippen LogP contribution >= 0.6 is 11.3 Å². The predicted molar refractivity (Wildman–Crippen MR) is 111 cm³/mol. The van der Waals surface area contributed by atoms with Gasteiger partial charge in [0, 0.05) is 16.1 Å². The lowest BCUT2D eigenvalue weighted by molar-refractivity contribution is 0.0954. The summed E-state index contributed by atoms with van der Waals surface area (Å²) in [5, 5.41) is 16.3. The first-order valence-corrected chi connectivity index (χ1v) is 9.36. The number of hydrogen-bond acceptors (Lipinski definition) is 5. The normalized spacial score (nSPS) is 11.1. The first kappa shape index (κ1) is 19.3. The minimum absolute atomic E-state index is 0.0906. The third kappa shape index (κ3) is 4.83. The summed E-state index contributed by atoms with van der Waals surface area (Å²) in [4.78, 5) is 26.1. The zero-order chi connectivity index (χ0) is 20.1. The number of amides is 2. The van der Waals surface area contributed by atoms with Crippen molar-refractivity contribution >= 4 is 34.6 Å². The van der Waals surface area contributed by atoms with Gasteiger partial charge in [-0.15, -0.1) is 11.3 Å². The van der Waals surface area contributed by atoms with Crippen LogP contribution in [0.4, 0.5) is 5.69 Å². The molecule has 3 rings (SSSR count). The van der Waals surface area contributed by atoms with Gasteiger partial charge < -0.3 is 10.4 Å². The van der Waals surface area contributed by atoms with Crippen molar-refractivity contribution in [2.45, 2.75) is 13.8 Å². The summed E-state index contributed by atoms with van der Waals surface area (Å²) < 4.78 is 0. The van der Waals surface area contributed by atoms with Gasteiger partial charge in [0.15, 0.2) is 0 Å². The lowest BCUT2D eigenvalue weighted by atomic mass is 10.1. The number of aromatic hydroxyl groups is 1. The molecule has 3 N–H and O–H groups in total. The van der Waals surface area contributed by atoms with Crippen LogP contribution in [0.25, 0.3) is 0 Å². The van der Waals surface area contributed by atoms with E-state index in [2.05, 4.69) is 15.8 Å². The number of aryl methyl sites for hydroxylation is 1. The van der Waals surface area contributed by atoms with Gasteiger partial charge in [0.2, 0.25) is 0 Å². The van der Waals surface area contributed by atoms with Gasteiger partial charge in [0.1, 0.15) is 5.75 Å². The molecule has 0 unspecified atom stereocenters. The number of hydrazone groups is 1. The number of thiophene rings is 1. The lowest BCUT2D eigenvalue weighted by Gasteiger charge is -2.07. The molecular weight excluding hydrogens is 374 g/mol. The summed E-state index contributed by atoms with van der Waals surface area (Å²) in [6.45, 7) is 3.72. The molecule has 0 saturated carbocycles. The molecule has 142 valence electrons. The number of nitrogens with zero attached hydrogens (tertiary/aromatic N) is 1. The second-order valence-electron chi connectivity index (χ2n) is 6.13. The molecule has 1 heterocycles. The standard InChI is InChI=1S/C21H19N3O3S/c1-13-6-11-19(28-13)21(27)22-17-5-3-4-16(12-17)14(2)23-24-20(26)15-7-9-18(25)10-8-15/h3-12,25H,1-2H3,(H,22,27)(H,24,26)/b23-14-. The van der Waals surface area contributed by atoms with E-state index in [0.29, 0.717) is 21.8 Å². The molecule has 2 amide bonds. The van der Waals surface area contributed by atoms with Crippen molar-refractivity contribution in [2.24, 2.45) is 5.10 Å². The maximum Gasteiger partial charge on any atom is 0.271 e. The Kier molecular flexibility index (Phi) is 5.86. The summed E-state index contributed by atoms with van der Waals surface area (Å²) in [5.74, 6) is -0.449. The van der Waals surface area contributed by atoms with Gasteiger partial charge in [-0.25, -0.2) is 5.43 Å². The van der Waals surface area contributed by atoms with Crippen LogP contribution < -0.4 is 10.7 Å². The molecule has 0 aliphatic heterocycles. The van der Waals surface area contributed by atoms with Crippen molar-refractivity contribution in [1.82, 2.24) is 5.43 Å². The van der Waals surface area contributed by atoms with Crippen molar-refractivity contribution < 1.29 is 14.7 Å². The first-order chi connectivity index (χ1) is 13.4. The Labute approximate surface area is 166 Å². The molecule has 2 aromatic carbocycles. The van der Waals surface area contributed by atoms with Crippen molar-refractivity contribution in [3.05, 3.63) is 81.5 Å². The quantitative estimate of drug-likeness (QED) is 0.449. The summed E-state index contributed by atoms with van der Waals surface area (Å²) in [7, 11) is 0. The van der Waals surface area contributed by atoms with Crippen molar-refractivity contribution in [2.75, 3.05) is 5.32 Å². The van der Waals surface area contributed by atoms with Crippen LogP contribution in [-0.4, -0.2) is 22.6 Å². The molecule has 6 nitrogen and oxygen atoms in total. The minimum atomic E-state index is -0.378. The van der Waals surface area contributed by atoms with Crippen molar-refractivity contribution in [3.63, 3.8) is 0 Å². The van der Waals surface area contributed by atoms with Gasteiger partial charge in [-0.1, -0.05) is 12.1 Å². The molecule has 0 spiro atoms. The maximum atomic E-state index is 12.3. The highest BCUT2D eigenvalue weighted by atomic mass is 32.1. The number of carbonyl (C=O) groups excluding carboxylic acids is 2. The number of hydrogen-bond donors (Lipinski definition) is 3. The van der Waals surface area contributed by atoms with Crippen LogP contribution in [0.3, 0.4) is 0 Å². The third-order valence-electron chi connectivity index (χ3n) is 3.96. The van der Waals surface area contributed by atoms with E-state index in [0.717, 1.165) is 10.4 Å². The van der Waals surface area contributed by atoms with Gasteiger partial charge >= 0.3 is 0 Å². The number of anilines is 1. The van der Waals surface area contributed by atoms with Crippen LogP contribution in [0.5, 0.6) is 5.75 Å². The summed E-state index contributed by atoms with van der Waals surface area (Å²) in [6, 6.07) is 16.8. The largest absolute Gasteiger partial charge is 0.508 e. The van der Waals surface area contributed by atoms with Crippen molar-refractivity contribution in [3.8, 4) is 5.75 Å². The number of nitrogens with one attached hydrogen (secondary N) is 2. The van der Waals surface area contributed by atoms with E-state index in [-0.39, 0.29) is 17.6 Å². The van der Waals surface area contributed by atoms with Gasteiger partial charge in [-0.2, -0.15) is 5.10 Å². The fraction of sp³-hybridized carbons (Fsp3) is 0.0952. The molecule has 0 fully saturated rings. The van der Waals surface area contributed by atoms with E-state index >= 15 is 0 Å². The highest BCUT2D eigenvalue weighted by molar-refractivity contribution is 7.14. The summed E-state index contributed by atoms with van der Waals surface area (Å²) in [5.41, 5.74) is 4.89. The molecule has 28 heavy (non-hydrogen) atoms. The molecule has 0 aliphatic carbocycles. The van der Waals surface area contributed by atoms with Gasteiger partial charge in [0.25, 0.3) is 11.8 Å². The zero-order valence-corrected chi connectivity index (χ0v) is 16.2. The smallest absolute Gasteiger partial charge is 0.271 e. The van der Waals surface area contributed by atoms with E-state index < -0.39 is 0 Å². The van der Waals surface area contributed by atoms with Crippen LogP contribution in [0.15, 0.2) is 65.8 Å². The number of benzene rings is 2. The Hall–Kier alpha value is -3.45. The topological polar surface area (TPSA) is 90.8 Å². The monoisotopic (exact) mass is 393 g/mol. The number of phenols is 1. The number of phenolic OH excluding ortho intramolecular Hbond substituents is 1. The SMILES string of the molecule is C/C(=N/NC(=O)c1ccc(O)cc1)c1cccc(NC(=O)c2ccc(C)s2)c1. The first-order valence-electron chi connectivity index (χ1n) is 8.54. The Bertz CT molecular complexity index is 1040. The average Bonchev–Trinajstić information content (AvgIpc) is 3.13. The van der Waals surface area contributed by atoms with E-state index in [1.54, 1.807) is 25.1 Å². The molecule has 1 aromatic heterocycles. The molecular formula is C21H19N3O3S. The predicted octanol–water partition coefficient (Wildman–Crippen LogP) is 4.17. The maximum absolute atomic E-state index is 12.3. The second-order valence-corrected chi connectivity index (χ2v) is 7.42. The highest BCUT2D eigenvalue weighted by Crippen LogP contribution is 2.18. The molecule has 7 heteroatoms. The molecule has 3 aromatic rings. The Morgan fingerprint density at radius 3 is 2.39 bits per heavy atom. The van der Waals surface area contributed by atoms with E-state index in [1.807, 2.05) is 25.1 Å². The highest BCUT2D eigenvalue weighted by Gasteiger charge is 2.09. The Morgan fingerprint density at radius 2 is 1.71 bits per heavy atom. The van der Waals surface area contributed by atoms with E-state index in [9.17, 15) is 14.7 Å². The van der Waals surface area contributed by atoms with Crippen LogP contribution in [-0.2, 0) is 0 Å². The zero-order valence-electron chi connectivity index (χ0n) is 15.4. The Balaban J connectivity index is 1.68. The third-order valence-corrected chi connectivity index (χ3v) is 4.96. The van der Waals surface area contributed by atoms with Crippen LogP contribution in [0.2, 0.25) is 0 Å². The summed E-state index contributed by atoms with van der Waals surface area (Å²) in [6.07, 6.45) is 0. The van der Waals surface area contributed by atoms with Gasteiger partial charge in [-0.05, 0) is 67.9 Å². The van der Waals surface area contributed by atoms with E-state index in [4.69, 9.17) is 0 Å². The number of rotatable bonds is 5. The molecule has 0 radical (unpaired) electrons. The van der Waals surface area contributed by atoms with Gasteiger partial charge in [-0.3, -0.25) is 9.59 Å². The van der Waals surface area contributed by atoms with Crippen LogP contribution in [0.1, 0.15) is 37.4 Å². The minimum Gasteiger partial charge on any atom is -0.508 e. The Morgan fingerprint density at radius 1 is 0.964 bits per heavy atom.